The lowest BCUT2D eigenvalue weighted by Crippen LogP contribution is -2.25. The molecule has 1 aromatic carbocycles. The van der Waals surface area contributed by atoms with Crippen LogP contribution in [0, 0.1) is 12.8 Å². The first-order chi connectivity index (χ1) is 9.56. The van der Waals surface area contributed by atoms with Crippen molar-refractivity contribution < 1.29 is 0 Å². The number of aromatic nitrogens is 2. The highest BCUT2D eigenvalue weighted by Crippen LogP contribution is 2.06. The van der Waals surface area contributed by atoms with E-state index >= 15 is 0 Å². The molecular weight excluding hydrogens is 250 g/mol. The molecule has 0 aliphatic heterocycles. The first-order valence-corrected chi connectivity index (χ1v) is 6.91. The van der Waals surface area contributed by atoms with Gasteiger partial charge in [-0.2, -0.15) is 0 Å². The minimum Gasteiger partial charge on any atom is -0.361 e. The van der Waals surface area contributed by atoms with Gasteiger partial charge >= 0.3 is 0 Å². The zero-order valence-electron chi connectivity index (χ0n) is 12.3. The maximum absolute atomic E-state index is 12.2. The van der Waals surface area contributed by atoms with Crippen LogP contribution in [0.4, 0.5) is 5.82 Å². The first-order valence-electron chi connectivity index (χ1n) is 6.91. The Morgan fingerprint density at radius 2 is 2.15 bits per heavy atom. The molecule has 0 amide bonds. The number of hydrogen-bond donors (Lipinski definition) is 1. The van der Waals surface area contributed by atoms with Crippen LogP contribution < -0.4 is 10.9 Å². The van der Waals surface area contributed by atoms with Crippen LogP contribution in [0.15, 0.2) is 41.5 Å². The first kappa shape index (κ1) is 14.3. The Morgan fingerprint density at radius 1 is 1.35 bits per heavy atom. The van der Waals surface area contributed by atoms with Gasteiger partial charge in [0.1, 0.15) is 0 Å². The molecule has 20 heavy (non-hydrogen) atoms. The molecule has 0 unspecified atom stereocenters. The quantitative estimate of drug-likeness (QED) is 0.909. The van der Waals surface area contributed by atoms with E-state index < -0.39 is 0 Å². The minimum atomic E-state index is -0.0612. The largest absolute Gasteiger partial charge is 0.361 e. The number of nitrogens with one attached hydrogen (secondary N) is 1. The Morgan fingerprint density at radius 3 is 2.85 bits per heavy atom. The van der Waals surface area contributed by atoms with E-state index in [0.29, 0.717) is 24.8 Å². The summed E-state index contributed by atoms with van der Waals surface area (Å²) in [7, 11) is 0. The van der Waals surface area contributed by atoms with E-state index in [1.807, 2.05) is 12.1 Å². The third-order valence-electron chi connectivity index (χ3n) is 3.02. The van der Waals surface area contributed by atoms with Crippen LogP contribution in [0.5, 0.6) is 0 Å². The van der Waals surface area contributed by atoms with E-state index in [4.69, 9.17) is 0 Å². The fourth-order valence-electron chi connectivity index (χ4n) is 2.11. The van der Waals surface area contributed by atoms with Gasteiger partial charge in [0, 0.05) is 25.5 Å². The summed E-state index contributed by atoms with van der Waals surface area (Å²) in [5, 5.41) is 3.13. The number of rotatable bonds is 5. The maximum Gasteiger partial charge on any atom is 0.293 e. The summed E-state index contributed by atoms with van der Waals surface area (Å²) in [5.74, 6) is 0.842. The molecule has 0 saturated heterocycles. The molecule has 106 valence electrons. The predicted octanol–water partition coefficient (Wildman–Crippen LogP) is 2.82. The van der Waals surface area contributed by atoms with Crippen molar-refractivity contribution >= 4 is 5.82 Å². The average molecular weight is 271 g/mol. The second-order valence-corrected chi connectivity index (χ2v) is 5.47. The summed E-state index contributed by atoms with van der Waals surface area (Å²) in [6.07, 6.45) is 3.41. The highest BCUT2D eigenvalue weighted by Gasteiger charge is 2.05. The van der Waals surface area contributed by atoms with Crippen LogP contribution in [0.25, 0.3) is 0 Å². The Labute approximate surface area is 119 Å². The van der Waals surface area contributed by atoms with Crippen molar-refractivity contribution in [3.63, 3.8) is 0 Å². The van der Waals surface area contributed by atoms with Gasteiger partial charge in [0.2, 0.25) is 0 Å². The fraction of sp³-hybridized carbons (Fsp3) is 0.375. The van der Waals surface area contributed by atoms with Crippen LogP contribution >= 0.6 is 0 Å². The van der Waals surface area contributed by atoms with Gasteiger partial charge in [-0.05, 0) is 18.4 Å². The molecule has 0 aliphatic rings. The van der Waals surface area contributed by atoms with Crippen LogP contribution in [0.2, 0.25) is 0 Å². The lowest BCUT2D eigenvalue weighted by atomic mass is 10.1. The number of nitrogens with zero attached hydrogens (tertiary/aromatic N) is 2. The highest BCUT2D eigenvalue weighted by atomic mass is 16.1. The summed E-state index contributed by atoms with van der Waals surface area (Å²) in [5.41, 5.74) is 2.29. The Bertz CT molecular complexity index is 632. The molecule has 0 bridgehead atoms. The van der Waals surface area contributed by atoms with E-state index in [-0.39, 0.29) is 5.56 Å². The molecule has 4 heteroatoms. The summed E-state index contributed by atoms with van der Waals surface area (Å²) in [6.45, 7) is 7.55. The number of hydrogen-bond acceptors (Lipinski definition) is 3. The average Bonchev–Trinajstić information content (AvgIpc) is 2.39. The third-order valence-corrected chi connectivity index (χ3v) is 3.02. The lowest BCUT2D eigenvalue weighted by molar-refractivity contribution is 0.509. The summed E-state index contributed by atoms with van der Waals surface area (Å²) >= 11 is 0. The lowest BCUT2D eigenvalue weighted by Gasteiger charge is -2.11. The summed E-state index contributed by atoms with van der Waals surface area (Å²) in [6, 6.07) is 8.21. The summed E-state index contributed by atoms with van der Waals surface area (Å²) in [4.78, 5) is 16.4. The van der Waals surface area contributed by atoms with Crippen molar-refractivity contribution in [3.05, 3.63) is 58.1 Å². The van der Waals surface area contributed by atoms with E-state index in [9.17, 15) is 4.79 Å². The third kappa shape index (κ3) is 3.70. The van der Waals surface area contributed by atoms with Crippen molar-refractivity contribution in [1.82, 2.24) is 9.55 Å². The van der Waals surface area contributed by atoms with Crippen LogP contribution in [-0.4, -0.2) is 9.55 Å². The van der Waals surface area contributed by atoms with Gasteiger partial charge in [0.25, 0.3) is 5.56 Å². The Hall–Kier alpha value is -2.10. The number of aryl methyl sites for hydroxylation is 1. The van der Waals surface area contributed by atoms with Crippen LogP contribution in [-0.2, 0) is 13.1 Å². The number of benzene rings is 1. The van der Waals surface area contributed by atoms with E-state index in [2.05, 4.69) is 43.2 Å². The molecule has 0 saturated carbocycles. The van der Waals surface area contributed by atoms with E-state index in [1.165, 1.54) is 5.56 Å². The van der Waals surface area contributed by atoms with E-state index in [0.717, 1.165) is 5.56 Å². The molecule has 1 heterocycles. The van der Waals surface area contributed by atoms with Gasteiger partial charge in [0.15, 0.2) is 5.82 Å². The van der Waals surface area contributed by atoms with Gasteiger partial charge in [-0.25, -0.2) is 4.98 Å². The van der Waals surface area contributed by atoms with Crippen molar-refractivity contribution in [2.45, 2.75) is 33.9 Å². The SMILES string of the molecule is Cc1cccc(CNc2nccn(CC(C)C)c2=O)c1. The van der Waals surface area contributed by atoms with Crippen LogP contribution in [0.3, 0.4) is 0 Å². The molecule has 4 nitrogen and oxygen atoms in total. The zero-order valence-corrected chi connectivity index (χ0v) is 12.3. The standard InChI is InChI=1S/C16H21N3O/c1-12(2)11-19-8-7-17-15(16(19)20)18-10-14-6-4-5-13(3)9-14/h4-9,12H,10-11H2,1-3H3,(H,17,18). The topological polar surface area (TPSA) is 46.9 Å². The fourth-order valence-corrected chi connectivity index (χ4v) is 2.11. The smallest absolute Gasteiger partial charge is 0.293 e. The molecule has 0 spiro atoms. The van der Waals surface area contributed by atoms with Crippen LogP contribution in [0.1, 0.15) is 25.0 Å². The maximum atomic E-state index is 12.2. The molecule has 0 aliphatic carbocycles. The molecule has 1 N–H and O–H groups in total. The van der Waals surface area contributed by atoms with Gasteiger partial charge in [-0.15, -0.1) is 0 Å². The molecule has 0 radical (unpaired) electrons. The second kappa shape index (κ2) is 6.37. The number of anilines is 1. The monoisotopic (exact) mass is 271 g/mol. The molecular formula is C16H21N3O. The van der Waals surface area contributed by atoms with Crippen molar-refractivity contribution in [1.29, 1.82) is 0 Å². The van der Waals surface area contributed by atoms with Gasteiger partial charge in [-0.3, -0.25) is 4.79 Å². The summed E-state index contributed by atoms with van der Waals surface area (Å²) < 4.78 is 1.70. The minimum absolute atomic E-state index is 0.0612. The van der Waals surface area contributed by atoms with Gasteiger partial charge < -0.3 is 9.88 Å². The molecule has 0 fully saturated rings. The molecule has 1 aromatic heterocycles. The normalized spacial score (nSPS) is 10.8. The molecule has 2 rings (SSSR count). The zero-order chi connectivity index (χ0) is 14.5. The van der Waals surface area contributed by atoms with Crippen molar-refractivity contribution in [3.8, 4) is 0 Å². The molecule has 2 aromatic rings. The van der Waals surface area contributed by atoms with Crippen molar-refractivity contribution in [2.75, 3.05) is 5.32 Å². The van der Waals surface area contributed by atoms with E-state index in [1.54, 1.807) is 17.0 Å². The highest BCUT2D eigenvalue weighted by molar-refractivity contribution is 5.33. The Kier molecular flexibility index (Phi) is 4.56. The van der Waals surface area contributed by atoms with Crippen molar-refractivity contribution in [2.24, 2.45) is 5.92 Å². The Balaban J connectivity index is 2.12. The molecule has 0 atom stereocenters. The predicted molar refractivity (Wildman–Crippen MR) is 81.8 cm³/mol. The van der Waals surface area contributed by atoms with Gasteiger partial charge in [-0.1, -0.05) is 43.7 Å². The van der Waals surface area contributed by atoms with Gasteiger partial charge in [0.05, 0.1) is 0 Å². The second-order valence-electron chi connectivity index (χ2n) is 5.47.